The van der Waals surface area contributed by atoms with E-state index >= 15 is 0 Å². The van der Waals surface area contributed by atoms with Crippen LogP contribution >= 0.6 is 11.6 Å². The Hall–Kier alpha value is -1.74. The van der Waals surface area contributed by atoms with E-state index in [-0.39, 0.29) is 5.91 Å². The normalized spacial score (nSPS) is 11.2. The van der Waals surface area contributed by atoms with E-state index in [2.05, 4.69) is 5.32 Å². The van der Waals surface area contributed by atoms with Gasteiger partial charge in [-0.25, -0.2) is 0 Å². The zero-order valence-corrected chi connectivity index (χ0v) is 10.8. The third-order valence-corrected chi connectivity index (χ3v) is 2.68. The van der Waals surface area contributed by atoms with Crippen molar-refractivity contribution in [2.45, 2.75) is 13.3 Å². The molecule has 1 aromatic carbocycles. The fourth-order valence-corrected chi connectivity index (χ4v) is 1.76. The monoisotopic (exact) mass is 263 g/mol. The molecule has 0 aliphatic heterocycles. The van der Waals surface area contributed by atoms with Gasteiger partial charge in [-0.1, -0.05) is 18.5 Å². The molecule has 1 amide bonds. The molecule has 0 bridgehead atoms. The number of hydrogen-bond acceptors (Lipinski definition) is 2. The molecule has 0 fully saturated rings. The van der Waals surface area contributed by atoms with Crippen LogP contribution in [0.5, 0.6) is 0 Å². The lowest BCUT2D eigenvalue weighted by atomic mass is 10.2. The summed E-state index contributed by atoms with van der Waals surface area (Å²) in [5.74, 6) is 0.522. The second-order valence-corrected chi connectivity index (χ2v) is 4.39. The van der Waals surface area contributed by atoms with Gasteiger partial charge in [0.2, 0.25) is 5.91 Å². The molecule has 0 saturated heterocycles. The van der Waals surface area contributed by atoms with Crippen molar-refractivity contribution in [3.8, 4) is 0 Å². The average Bonchev–Trinajstić information content (AvgIpc) is 2.75. The van der Waals surface area contributed by atoms with Gasteiger partial charge in [-0.3, -0.25) is 4.79 Å². The molecule has 0 saturated carbocycles. The fourth-order valence-electron chi connectivity index (χ4n) is 1.58. The number of furan rings is 1. The Morgan fingerprint density at radius 2 is 2.28 bits per heavy atom. The van der Waals surface area contributed by atoms with Crippen molar-refractivity contribution < 1.29 is 9.21 Å². The first kappa shape index (κ1) is 12.7. The predicted octanol–water partition coefficient (Wildman–Crippen LogP) is 3.63. The molecule has 0 aliphatic rings. The van der Waals surface area contributed by atoms with Gasteiger partial charge < -0.3 is 9.73 Å². The number of hydrogen-bond donors (Lipinski definition) is 1. The van der Waals surface area contributed by atoms with Crippen molar-refractivity contribution in [1.82, 2.24) is 5.32 Å². The van der Waals surface area contributed by atoms with Crippen molar-refractivity contribution in [2.75, 3.05) is 6.54 Å². The smallest absolute Gasteiger partial charge is 0.244 e. The summed E-state index contributed by atoms with van der Waals surface area (Å²) < 4.78 is 5.55. The molecule has 1 heterocycles. The van der Waals surface area contributed by atoms with Crippen molar-refractivity contribution in [3.05, 3.63) is 41.1 Å². The molecule has 3 nitrogen and oxygen atoms in total. The van der Waals surface area contributed by atoms with Crippen molar-refractivity contribution >= 4 is 34.6 Å². The number of rotatable bonds is 4. The molecule has 2 rings (SSSR count). The molecule has 18 heavy (non-hydrogen) atoms. The molecule has 0 atom stereocenters. The standard InChI is InChI=1S/C14H14ClNO2/c1-2-7-16-14(17)6-4-12-9-10-8-11(15)3-5-13(10)18-12/h3-6,8-9H,2,7H2,1H3,(H,16,17)/b6-4+. The summed E-state index contributed by atoms with van der Waals surface area (Å²) >= 11 is 5.89. The molecule has 2 aromatic rings. The van der Waals surface area contributed by atoms with Gasteiger partial charge in [0.15, 0.2) is 0 Å². The van der Waals surface area contributed by atoms with Crippen LogP contribution in [0, 0.1) is 0 Å². The van der Waals surface area contributed by atoms with Crippen molar-refractivity contribution in [2.24, 2.45) is 0 Å². The molecule has 0 spiro atoms. The summed E-state index contributed by atoms with van der Waals surface area (Å²) in [5, 5.41) is 4.35. The highest BCUT2D eigenvalue weighted by Gasteiger charge is 2.02. The Balaban J connectivity index is 2.12. The quantitative estimate of drug-likeness (QED) is 0.856. The van der Waals surface area contributed by atoms with Crippen LogP contribution in [-0.2, 0) is 4.79 Å². The number of benzene rings is 1. The van der Waals surface area contributed by atoms with Gasteiger partial charge in [0.25, 0.3) is 0 Å². The highest BCUT2D eigenvalue weighted by molar-refractivity contribution is 6.31. The lowest BCUT2D eigenvalue weighted by Gasteiger charge is -1.96. The molecule has 4 heteroatoms. The number of nitrogens with one attached hydrogen (secondary N) is 1. The fraction of sp³-hybridized carbons (Fsp3) is 0.214. The maximum absolute atomic E-state index is 11.4. The minimum Gasteiger partial charge on any atom is -0.457 e. The summed E-state index contributed by atoms with van der Waals surface area (Å²) in [6, 6.07) is 7.26. The van der Waals surface area contributed by atoms with Crippen molar-refractivity contribution in [1.29, 1.82) is 0 Å². The van der Waals surface area contributed by atoms with E-state index in [4.69, 9.17) is 16.0 Å². The van der Waals surface area contributed by atoms with Crippen LogP contribution in [0.15, 0.2) is 34.8 Å². The molecular weight excluding hydrogens is 250 g/mol. The Morgan fingerprint density at radius 3 is 3.06 bits per heavy atom. The van der Waals surface area contributed by atoms with E-state index < -0.39 is 0 Å². The second-order valence-electron chi connectivity index (χ2n) is 3.96. The van der Waals surface area contributed by atoms with Gasteiger partial charge in [-0.05, 0) is 36.8 Å². The van der Waals surface area contributed by atoms with Gasteiger partial charge in [-0.15, -0.1) is 0 Å². The first-order valence-electron chi connectivity index (χ1n) is 5.84. The highest BCUT2D eigenvalue weighted by Crippen LogP contribution is 2.23. The predicted molar refractivity (Wildman–Crippen MR) is 73.6 cm³/mol. The van der Waals surface area contributed by atoms with E-state index in [9.17, 15) is 4.79 Å². The van der Waals surface area contributed by atoms with Gasteiger partial charge in [-0.2, -0.15) is 0 Å². The van der Waals surface area contributed by atoms with E-state index in [1.165, 1.54) is 6.08 Å². The molecule has 94 valence electrons. The molecule has 0 aliphatic carbocycles. The average molecular weight is 264 g/mol. The SMILES string of the molecule is CCCNC(=O)/C=C/c1cc2cc(Cl)ccc2o1. The summed E-state index contributed by atoms with van der Waals surface area (Å²) in [6.07, 6.45) is 4.04. The number of fused-ring (bicyclic) bond motifs is 1. The second kappa shape index (κ2) is 5.74. The maximum Gasteiger partial charge on any atom is 0.244 e. The first-order valence-corrected chi connectivity index (χ1v) is 6.22. The highest BCUT2D eigenvalue weighted by atomic mass is 35.5. The Labute approximate surface area is 110 Å². The topological polar surface area (TPSA) is 42.2 Å². The lowest BCUT2D eigenvalue weighted by molar-refractivity contribution is -0.116. The number of halogens is 1. The Bertz CT molecular complexity index is 586. The van der Waals surface area contributed by atoms with E-state index in [0.717, 1.165) is 17.4 Å². The lowest BCUT2D eigenvalue weighted by Crippen LogP contribution is -2.21. The third-order valence-electron chi connectivity index (χ3n) is 2.45. The van der Waals surface area contributed by atoms with E-state index in [0.29, 0.717) is 17.3 Å². The number of carbonyl (C=O) groups is 1. The molecule has 1 aromatic heterocycles. The van der Waals surface area contributed by atoms with Gasteiger partial charge in [0, 0.05) is 23.0 Å². The molecule has 1 N–H and O–H groups in total. The van der Waals surface area contributed by atoms with E-state index in [1.54, 1.807) is 12.1 Å². The largest absolute Gasteiger partial charge is 0.457 e. The first-order chi connectivity index (χ1) is 8.69. The summed E-state index contributed by atoms with van der Waals surface area (Å²) in [5.41, 5.74) is 0.757. The van der Waals surface area contributed by atoms with Gasteiger partial charge >= 0.3 is 0 Å². The van der Waals surface area contributed by atoms with Crippen LogP contribution in [-0.4, -0.2) is 12.5 Å². The van der Waals surface area contributed by atoms with Crippen LogP contribution in [0.3, 0.4) is 0 Å². The summed E-state index contributed by atoms with van der Waals surface area (Å²) in [6.45, 7) is 2.69. The minimum absolute atomic E-state index is 0.115. The number of amides is 1. The van der Waals surface area contributed by atoms with Gasteiger partial charge in [0.1, 0.15) is 11.3 Å². The molecule has 0 unspecified atom stereocenters. The number of carbonyl (C=O) groups excluding carboxylic acids is 1. The zero-order valence-electron chi connectivity index (χ0n) is 10.1. The van der Waals surface area contributed by atoms with Crippen LogP contribution in [0.4, 0.5) is 0 Å². The van der Waals surface area contributed by atoms with Gasteiger partial charge in [0.05, 0.1) is 0 Å². The zero-order chi connectivity index (χ0) is 13.0. The van der Waals surface area contributed by atoms with Crippen LogP contribution in [0.25, 0.3) is 17.0 Å². The van der Waals surface area contributed by atoms with Crippen LogP contribution in [0.1, 0.15) is 19.1 Å². The summed E-state index contributed by atoms with van der Waals surface area (Å²) in [4.78, 5) is 11.4. The molecular formula is C14H14ClNO2. The van der Waals surface area contributed by atoms with Crippen LogP contribution < -0.4 is 5.32 Å². The Kier molecular flexibility index (Phi) is 4.05. The summed E-state index contributed by atoms with van der Waals surface area (Å²) in [7, 11) is 0. The Morgan fingerprint density at radius 1 is 1.44 bits per heavy atom. The third kappa shape index (κ3) is 3.14. The van der Waals surface area contributed by atoms with E-state index in [1.807, 2.05) is 25.1 Å². The maximum atomic E-state index is 11.4. The van der Waals surface area contributed by atoms with Crippen molar-refractivity contribution in [3.63, 3.8) is 0 Å². The van der Waals surface area contributed by atoms with Crippen LogP contribution in [0.2, 0.25) is 5.02 Å². The molecule has 0 radical (unpaired) electrons. The minimum atomic E-state index is -0.115.